The van der Waals surface area contributed by atoms with Gasteiger partial charge in [-0.25, -0.2) is 4.98 Å². The number of anilines is 1. The highest BCUT2D eigenvalue weighted by atomic mass is 19.4. The number of hydrogen-bond acceptors (Lipinski definition) is 3. The highest BCUT2D eigenvalue weighted by Gasteiger charge is 2.28. The van der Waals surface area contributed by atoms with E-state index in [0.29, 0.717) is 0 Å². The summed E-state index contributed by atoms with van der Waals surface area (Å²) in [6.45, 7) is -1.32. The summed E-state index contributed by atoms with van der Waals surface area (Å²) in [6, 6.07) is 2.54. The van der Waals surface area contributed by atoms with Crippen LogP contribution in [0, 0.1) is 0 Å². The van der Waals surface area contributed by atoms with E-state index in [-0.39, 0.29) is 11.6 Å². The van der Waals surface area contributed by atoms with Gasteiger partial charge in [0.15, 0.2) is 6.61 Å². The zero-order chi connectivity index (χ0) is 9.90. The minimum absolute atomic E-state index is 0.0600. The summed E-state index contributed by atoms with van der Waals surface area (Å²) >= 11 is 0. The fourth-order valence-corrected chi connectivity index (χ4v) is 0.683. The molecule has 0 amide bonds. The largest absolute Gasteiger partial charge is 0.484 e. The summed E-state index contributed by atoms with van der Waals surface area (Å²) in [5.41, 5.74) is 5.23. The lowest BCUT2D eigenvalue weighted by atomic mass is 10.4. The lowest BCUT2D eigenvalue weighted by Gasteiger charge is -2.08. The average molecular weight is 192 g/mol. The number of nitrogens with zero attached hydrogens (tertiary/aromatic N) is 1. The maximum Gasteiger partial charge on any atom is 0.422 e. The Labute approximate surface area is 72.3 Å². The molecule has 1 heterocycles. The number of rotatable bonds is 2. The van der Waals surface area contributed by atoms with Crippen molar-refractivity contribution < 1.29 is 17.9 Å². The molecule has 3 nitrogen and oxygen atoms in total. The Hall–Kier alpha value is -1.46. The second kappa shape index (κ2) is 3.51. The van der Waals surface area contributed by atoms with Gasteiger partial charge in [0.25, 0.3) is 0 Å². The van der Waals surface area contributed by atoms with Gasteiger partial charge in [-0.05, 0) is 6.07 Å². The molecule has 0 spiro atoms. The van der Waals surface area contributed by atoms with Gasteiger partial charge in [0.2, 0.25) is 0 Å². The molecule has 0 saturated carbocycles. The first-order valence-corrected chi connectivity index (χ1v) is 3.38. The average Bonchev–Trinajstić information content (AvgIpc) is 2.00. The van der Waals surface area contributed by atoms with Gasteiger partial charge in [-0.15, -0.1) is 0 Å². The molecule has 1 aromatic heterocycles. The van der Waals surface area contributed by atoms with E-state index in [1.807, 2.05) is 0 Å². The quantitative estimate of drug-likeness (QED) is 0.774. The van der Waals surface area contributed by atoms with E-state index in [2.05, 4.69) is 9.72 Å². The second-order valence-corrected chi connectivity index (χ2v) is 2.32. The van der Waals surface area contributed by atoms with Gasteiger partial charge in [-0.1, -0.05) is 0 Å². The van der Waals surface area contributed by atoms with Crippen LogP contribution in [0.5, 0.6) is 5.75 Å². The van der Waals surface area contributed by atoms with Crippen molar-refractivity contribution in [2.75, 3.05) is 12.3 Å². The maximum atomic E-state index is 11.7. The van der Waals surface area contributed by atoms with E-state index in [0.717, 1.165) is 0 Å². The number of nitrogens with two attached hydrogens (primary N) is 1. The van der Waals surface area contributed by atoms with Crippen LogP contribution < -0.4 is 10.5 Å². The molecule has 0 aliphatic carbocycles. The molecule has 1 rings (SSSR count). The van der Waals surface area contributed by atoms with Gasteiger partial charge in [-0.2, -0.15) is 13.2 Å². The van der Waals surface area contributed by atoms with Crippen LogP contribution in [0.1, 0.15) is 0 Å². The molecule has 6 heteroatoms. The van der Waals surface area contributed by atoms with Crippen LogP contribution in [0.3, 0.4) is 0 Å². The molecule has 0 atom stereocenters. The SMILES string of the molecule is Nc1cc(OCC(F)(F)F)ccn1. The molecule has 0 aliphatic rings. The number of hydrogen-bond donors (Lipinski definition) is 1. The molecule has 1 aromatic rings. The number of alkyl halides is 3. The predicted octanol–water partition coefficient (Wildman–Crippen LogP) is 1.60. The van der Waals surface area contributed by atoms with Gasteiger partial charge >= 0.3 is 6.18 Å². The first kappa shape index (κ1) is 9.63. The maximum absolute atomic E-state index is 11.7. The highest BCUT2D eigenvalue weighted by molar-refractivity contribution is 5.35. The van der Waals surface area contributed by atoms with E-state index >= 15 is 0 Å². The standard InChI is InChI=1S/C7H7F3N2O/c8-7(9,10)4-13-5-1-2-12-6(11)3-5/h1-3H,4H2,(H2,11,12). The monoisotopic (exact) mass is 192 g/mol. The van der Waals surface area contributed by atoms with Crippen molar-refractivity contribution >= 4 is 5.82 Å². The summed E-state index contributed by atoms with van der Waals surface area (Å²) in [5.74, 6) is 0.185. The van der Waals surface area contributed by atoms with Crippen LogP contribution in [0.15, 0.2) is 18.3 Å². The summed E-state index contributed by atoms with van der Waals surface area (Å²) in [4.78, 5) is 3.60. The third kappa shape index (κ3) is 3.64. The van der Waals surface area contributed by atoms with E-state index in [4.69, 9.17) is 5.73 Å². The highest BCUT2D eigenvalue weighted by Crippen LogP contribution is 2.18. The summed E-state index contributed by atoms with van der Waals surface area (Å²) in [7, 11) is 0. The van der Waals surface area contributed by atoms with Crippen molar-refractivity contribution in [2.45, 2.75) is 6.18 Å². The van der Waals surface area contributed by atoms with Gasteiger partial charge in [0.1, 0.15) is 11.6 Å². The van der Waals surface area contributed by atoms with Crippen LogP contribution in [0.25, 0.3) is 0 Å². The molecule has 13 heavy (non-hydrogen) atoms. The predicted molar refractivity (Wildman–Crippen MR) is 40.2 cm³/mol. The first-order valence-electron chi connectivity index (χ1n) is 3.38. The van der Waals surface area contributed by atoms with Gasteiger partial charge in [-0.3, -0.25) is 0 Å². The Morgan fingerprint density at radius 1 is 1.46 bits per heavy atom. The van der Waals surface area contributed by atoms with Crippen molar-refractivity contribution in [3.63, 3.8) is 0 Å². The summed E-state index contributed by atoms with van der Waals surface area (Å²) in [5, 5.41) is 0. The smallest absolute Gasteiger partial charge is 0.422 e. The zero-order valence-electron chi connectivity index (χ0n) is 6.51. The van der Waals surface area contributed by atoms with Crippen LogP contribution >= 0.6 is 0 Å². The number of aromatic nitrogens is 1. The third-order valence-corrected chi connectivity index (χ3v) is 1.16. The van der Waals surface area contributed by atoms with Crippen molar-refractivity contribution in [2.24, 2.45) is 0 Å². The van der Waals surface area contributed by atoms with Crippen molar-refractivity contribution in [3.05, 3.63) is 18.3 Å². The molecular formula is C7H7F3N2O. The van der Waals surface area contributed by atoms with Gasteiger partial charge < -0.3 is 10.5 Å². The minimum atomic E-state index is -4.34. The topological polar surface area (TPSA) is 48.1 Å². The molecule has 0 unspecified atom stereocenters. The van der Waals surface area contributed by atoms with E-state index in [1.54, 1.807) is 0 Å². The van der Waals surface area contributed by atoms with Crippen molar-refractivity contribution in [3.8, 4) is 5.75 Å². The molecule has 2 N–H and O–H groups in total. The fourth-order valence-electron chi connectivity index (χ4n) is 0.683. The number of halogens is 3. The fraction of sp³-hybridized carbons (Fsp3) is 0.286. The second-order valence-electron chi connectivity index (χ2n) is 2.32. The van der Waals surface area contributed by atoms with E-state index in [1.165, 1.54) is 18.3 Å². The van der Waals surface area contributed by atoms with E-state index < -0.39 is 12.8 Å². The third-order valence-electron chi connectivity index (χ3n) is 1.16. The van der Waals surface area contributed by atoms with Crippen LogP contribution in [0.2, 0.25) is 0 Å². The number of ether oxygens (including phenoxy) is 1. The first-order chi connectivity index (χ1) is 5.97. The molecule has 0 radical (unpaired) electrons. The summed E-state index contributed by atoms with van der Waals surface area (Å²) < 4.78 is 39.4. The molecule has 72 valence electrons. The Morgan fingerprint density at radius 2 is 2.15 bits per heavy atom. The zero-order valence-corrected chi connectivity index (χ0v) is 6.51. The lowest BCUT2D eigenvalue weighted by Crippen LogP contribution is -2.19. The Balaban J connectivity index is 2.55. The number of nitrogen functional groups attached to an aromatic ring is 1. The Morgan fingerprint density at radius 3 is 2.69 bits per heavy atom. The van der Waals surface area contributed by atoms with Crippen molar-refractivity contribution in [1.82, 2.24) is 4.98 Å². The molecule has 0 aliphatic heterocycles. The molecule has 0 saturated heterocycles. The van der Waals surface area contributed by atoms with Crippen LogP contribution in [-0.4, -0.2) is 17.8 Å². The van der Waals surface area contributed by atoms with Gasteiger partial charge in [0.05, 0.1) is 0 Å². The van der Waals surface area contributed by atoms with Gasteiger partial charge in [0, 0.05) is 12.3 Å². The normalized spacial score (nSPS) is 11.3. The lowest BCUT2D eigenvalue weighted by molar-refractivity contribution is -0.153. The summed E-state index contributed by atoms with van der Waals surface area (Å²) in [6.07, 6.45) is -3.06. The Kier molecular flexibility index (Phi) is 2.60. The molecule has 0 fully saturated rings. The van der Waals surface area contributed by atoms with Crippen molar-refractivity contribution in [1.29, 1.82) is 0 Å². The molecular weight excluding hydrogens is 185 g/mol. The van der Waals surface area contributed by atoms with Crippen LogP contribution in [0.4, 0.5) is 19.0 Å². The molecule has 0 aromatic carbocycles. The van der Waals surface area contributed by atoms with E-state index in [9.17, 15) is 13.2 Å². The number of pyridine rings is 1. The molecule has 0 bridgehead atoms. The minimum Gasteiger partial charge on any atom is -0.484 e. The van der Waals surface area contributed by atoms with Crippen LogP contribution in [-0.2, 0) is 0 Å². The Bertz CT molecular complexity index is 287.